The van der Waals surface area contributed by atoms with Crippen LogP contribution in [0.1, 0.15) is 10.5 Å². The Bertz CT molecular complexity index is 437. The Kier molecular flexibility index (Phi) is 1.55. The maximum atomic E-state index is 10.5. The van der Waals surface area contributed by atoms with Gasteiger partial charge in [-0.2, -0.15) is 5.10 Å². The van der Waals surface area contributed by atoms with E-state index in [2.05, 4.69) is 15.2 Å². The lowest BCUT2D eigenvalue weighted by Crippen LogP contribution is -1.81. The number of nitrogens with zero attached hydrogens (tertiary/aromatic N) is 2. The molecule has 5 heteroatoms. The minimum absolute atomic E-state index is 0.295. The monoisotopic (exact) mass is 181 g/mol. The average Bonchev–Trinajstić information content (AvgIpc) is 2.49. The van der Waals surface area contributed by atoms with Crippen LogP contribution in [0.2, 0.25) is 5.15 Å². The SMILES string of the molecule is O=Cc1[nH]nc2ccnc(Cl)c12. The molecule has 0 atom stereocenters. The Morgan fingerprint density at radius 2 is 2.42 bits per heavy atom. The third-order valence-electron chi connectivity index (χ3n) is 1.57. The molecule has 0 aliphatic rings. The summed E-state index contributed by atoms with van der Waals surface area (Å²) in [6, 6.07) is 1.69. The van der Waals surface area contributed by atoms with E-state index in [4.69, 9.17) is 11.6 Å². The molecule has 0 spiro atoms. The van der Waals surface area contributed by atoms with Gasteiger partial charge in [-0.25, -0.2) is 4.98 Å². The summed E-state index contributed by atoms with van der Waals surface area (Å²) < 4.78 is 0. The highest BCUT2D eigenvalue weighted by Crippen LogP contribution is 2.20. The lowest BCUT2D eigenvalue weighted by molar-refractivity contribution is 0.112. The Morgan fingerprint density at radius 1 is 1.58 bits per heavy atom. The maximum Gasteiger partial charge on any atom is 0.168 e. The molecule has 0 aromatic carbocycles. The highest BCUT2D eigenvalue weighted by Gasteiger charge is 2.07. The minimum Gasteiger partial charge on any atom is -0.296 e. The first-order chi connectivity index (χ1) is 5.83. The van der Waals surface area contributed by atoms with Crippen molar-refractivity contribution in [2.45, 2.75) is 0 Å². The predicted molar refractivity (Wildman–Crippen MR) is 44.3 cm³/mol. The van der Waals surface area contributed by atoms with Crippen molar-refractivity contribution in [2.24, 2.45) is 0 Å². The number of hydrogen-bond donors (Lipinski definition) is 1. The van der Waals surface area contributed by atoms with Gasteiger partial charge in [0, 0.05) is 6.20 Å². The number of aromatic amines is 1. The fraction of sp³-hybridized carbons (Fsp3) is 0. The van der Waals surface area contributed by atoms with Gasteiger partial charge in [0.2, 0.25) is 0 Å². The molecule has 0 fully saturated rings. The summed E-state index contributed by atoms with van der Waals surface area (Å²) >= 11 is 5.75. The van der Waals surface area contributed by atoms with Crippen LogP contribution < -0.4 is 0 Å². The van der Waals surface area contributed by atoms with E-state index < -0.39 is 0 Å². The Hall–Kier alpha value is -1.42. The van der Waals surface area contributed by atoms with E-state index in [1.807, 2.05) is 0 Å². The topological polar surface area (TPSA) is 58.6 Å². The molecule has 12 heavy (non-hydrogen) atoms. The first-order valence-electron chi connectivity index (χ1n) is 3.26. The molecule has 2 aromatic rings. The molecule has 0 unspecified atom stereocenters. The zero-order chi connectivity index (χ0) is 8.55. The van der Waals surface area contributed by atoms with Crippen molar-refractivity contribution in [3.63, 3.8) is 0 Å². The van der Waals surface area contributed by atoms with E-state index in [1.54, 1.807) is 12.3 Å². The zero-order valence-corrected chi connectivity index (χ0v) is 6.67. The number of aromatic nitrogens is 3. The van der Waals surface area contributed by atoms with Gasteiger partial charge in [-0.15, -0.1) is 0 Å². The van der Waals surface area contributed by atoms with Gasteiger partial charge in [0.15, 0.2) is 6.29 Å². The Labute approximate surface area is 72.6 Å². The van der Waals surface area contributed by atoms with Crippen LogP contribution >= 0.6 is 11.6 Å². The van der Waals surface area contributed by atoms with E-state index in [0.29, 0.717) is 28.0 Å². The molecule has 0 bridgehead atoms. The highest BCUT2D eigenvalue weighted by molar-refractivity contribution is 6.34. The van der Waals surface area contributed by atoms with Gasteiger partial charge in [0.05, 0.1) is 10.9 Å². The Balaban J connectivity index is 2.91. The number of H-pyrrole nitrogens is 1. The van der Waals surface area contributed by atoms with Crippen LogP contribution in [0, 0.1) is 0 Å². The molecule has 0 radical (unpaired) electrons. The first kappa shape index (κ1) is 7.24. The van der Waals surface area contributed by atoms with Gasteiger partial charge in [0.25, 0.3) is 0 Å². The van der Waals surface area contributed by atoms with E-state index in [9.17, 15) is 4.79 Å². The molecule has 4 nitrogen and oxygen atoms in total. The average molecular weight is 182 g/mol. The van der Waals surface area contributed by atoms with Crippen LogP contribution in [0.15, 0.2) is 12.3 Å². The summed E-state index contributed by atoms with van der Waals surface area (Å²) in [7, 11) is 0. The lowest BCUT2D eigenvalue weighted by Gasteiger charge is -1.89. The van der Waals surface area contributed by atoms with Crippen molar-refractivity contribution in [1.82, 2.24) is 15.2 Å². The number of rotatable bonds is 1. The normalized spacial score (nSPS) is 10.4. The number of carbonyl (C=O) groups is 1. The number of pyridine rings is 1. The number of carbonyl (C=O) groups excluding carboxylic acids is 1. The van der Waals surface area contributed by atoms with Crippen molar-refractivity contribution < 1.29 is 4.79 Å². The molecule has 2 heterocycles. The largest absolute Gasteiger partial charge is 0.296 e. The summed E-state index contributed by atoms with van der Waals surface area (Å²) in [4.78, 5) is 14.3. The van der Waals surface area contributed by atoms with Crippen LogP contribution in [0.4, 0.5) is 0 Å². The molecule has 0 amide bonds. The molecule has 2 rings (SSSR count). The van der Waals surface area contributed by atoms with Gasteiger partial charge < -0.3 is 0 Å². The van der Waals surface area contributed by atoms with E-state index in [0.717, 1.165) is 0 Å². The van der Waals surface area contributed by atoms with E-state index in [-0.39, 0.29) is 0 Å². The summed E-state index contributed by atoms with van der Waals surface area (Å²) in [5.41, 5.74) is 1.01. The molecule has 60 valence electrons. The lowest BCUT2D eigenvalue weighted by atomic mass is 10.3. The molecule has 1 N–H and O–H groups in total. The number of hydrogen-bond acceptors (Lipinski definition) is 3. The maximum absolute atomic E-state index is 10.5. The van der Waals surface area contributed by atoms with Gasteiger partial charge in [-0.05, 0) is 6.07 Å². The molecule has 0 saturated heterocycles. The highest BCUT2D eigenvalue weighted by atomic mass is 35.5. The molecule has 2 aromatic heterocycles. The van der Waals surface area contributed by atoms with Crippen molar-refractivity contribution in [3.8, 4) is 0 Å². The van der Waals surface area contributed by atoms with Gasteiger partial charge in [-0.3, -0.25) is 9.89 Å². The number of halogens is 1. The second-order valence-corrected chi connectivity index (χ2v) is 2.61. The van der Waals surface area contributed by atoms with Crippen molar-refractivity contribution in [1.29, 1.82) is 0 Å². The minimum atomic E-state index is 0.295. The third-order valence-corrected chi connectivity index (χ3v) is 1.85. The van der Waals surface area contributed by atoms with Crippen molar-refractivity contribution in [2.75, 3.05) is 0 Å². The first-order valence-corrected chi connectivity index (χ1v) is 3.64. The number of nitrogens with one attached hydrogen (secondary N) is 1. The third kappa shape index (κ3) is 0.887. The summed E-state index contributed by atoms with van der Waals surface area (Å²) in [6.07, 6.45) is 2.21. The van der Waals surface area contributed by atoms with Gasteiger partial charge >= 0.3 is 0 Å². The number of fused-ring (bicyclic) bond motifs is 1. The van der Waals surface area contributed by atoms with Crippen molar-refractivity contribution >= 4 is 28.8 Å². The number of aldehydes is 1. The summed E-state index contributed by atoms with van der Waals surface area (Å²) in [5.74, 6) is 0. The molecule has 0 saturated carbocycles. The Morgan fingerprint density at radius 3 is 3.17 bits per heavy atom. The molecular formula is C7H4ClN3O. The summed E-state index contributed by atoms with van der Waals surface area (Å²) in [6.45, 7) is 0. The molecule has 0 aliphatic carbocycles. The van der Waals surface area contributed by atoms with E-state index in [1.165, 1.54) is 0 Å². The van der Waals surface area contributed by atoms with Gasteiger partial charge in [0.1, 0.15) is 10.8 Å². The van der Waals surface area contributed by atoms with Crippen LogP contribution in [0.3, 0.4) is 0 Å². The second kappa shape index (κ2) is 2.57. The fourth-order valence-electron chi connectivity index (χ4n) is 1.03. The van der Waals surface area contributed by atoms with Crippen LogP contribution in [-0.4, -0.2) is 21.5 Å². The fourth-order valence-corrected chi connectivity index (χ4v) is 1.29. The predicted octanol–water partition coefficient (Wildman–Crippen LogP) is 1.42. The van der Waals surface area contributed by atoms with Crippen LogP contribution in [0.5, 0.6) is 0 Å². The van der Waals surface area contributed by atoms with Crippen molar-refractivity contribution in [3.05, 3.63) is 23.1 Å². The smallest absolute Gasteiger partial charge is 0.168 e. The quantitative estimate of drug-likeness (QED) is 0.535. The van der Waals surface area contributed by atoms with E-state index >= 15 is 0 Å². The van der Waals surface area contributed by atoms with Crippen LogP contribution in [-0.2, 0) is 0 Å². The molecular weight excluding hydrogens is 178 g/mol. The zero-order valence-electron chi connectivity index (χ0n) is 5.91. The second-order valence-electron chi connectivity index (χ2n) is 2.25. The summed E-state index contributed by atoms with van der Waals surface area (Å²) in [5, 5.41) is 7.30. The molecule has 0 aliphatic heterocycles. The van der Waals surface area contributed by atoms with Crippen LogP contribution in [0.25, 0.3) is 10.9 Å². The standard InChI is InChI=1S/C7H4ClN3O/c8-7-6-4(1-2-9-7)10-11-5(6)3-12/h1-3H,(H,10,11). The van der Waals surface area contributed by atoms with Gasteiger partial charge in [-0.1, -0.05) is 11.6 Å².